The Kier molecular flexibility index (Phi) is 4.15. The maximum Gasteiger partial charge on any atom is 0.245 e. The van der Waals surface area contributed by atoms with E-state index in [1.54, 1.807) is 0 Å². The second kappa shape index (κ2) is 5.63. The zero-order valence-corrected chi connectivity index (χ0v) is 11.2. The molecule has 1 aromatic heterocycles. The summed E-state index contributed by atoms with van der Waals surface area (Å²) in [4.78, 5) is 6.80. The average molecular weight is 255 g/mol. The van der Waals surface area contributed by atoms with Gasteiger partial charge in [-0.1, -0.05) is 13.8 Å². The molecule has 0 bridgehead atoms. The van der Waals surface area contributed by atoms with Crippen molar-refractivity contribution in [1.29, 1.82) is 0 Å². The normalized spacial score (nSPS) is 17.5. The van der Waals surface area contributed by atoms with Crippen molar-refractivity contribution in [2.45, 2.75) is 44.9 Å². The first-order valence-corrected chi connectivity index (χ1v) is 6.79. The molecule has 0 saturated carbocycles. The van der Waals surface area contributed by atoms with Gasteiger partial charge in [-0.25, -0.2) is 4.98 Å². The van der Waals surface area contributed by atoms with E-state index in [2.05, 4.69) is 33.9 Å². The Morgan fingerprint density at radius 1 is 1.12 bits per heavy atom. The fourth-order valence-electron chi connectivity index (χ4n) is 2.11. The number of nitrogens with zero attached hydrogens (tertiary/aromatic N) is 4. The summed E-state index contributed by atoms with van der Waals surface area (Å²) < 4.78 is 0. The van der Waals surface area contributed by atoms with Gasteiger partial charge in [-0.15, -0.1) is 16.7 Å². The standard InChI is InChI=1S/C12H19ClN4/c1-3-10-11(4-2)15-16-12(14-10)17-7-5-9(13)6-8-17/h9H,3-8H2,1-2H3. The fourth-order valence-corrected chi connectivity index (χ4v) is 2.31. The van der Waals surface area contributed by atoms with E-state index >= 15 is 0 Å². The molecular weight excluding hydrogens is 236 g/mol. The second-order valence-electron chi connectivity index (χ2n) is 4.37. The number of piperidine rings is 1. The third kappa shape index (κ3) is 2.86. The highest BCUT2D eigenvalue weighted by atomic mass is 35.5. The van der Waals surface area contributed by atoms with Crippen molar-refractivity contribution in [2.24, 2.45) is 0 Å². The summed E-state index contributed by atoms with van der Waals surface area (Å²) in [6.07, 6.45) is 3.81. The molecule has 4 nitrogen and oxygen atoms in total. The van der Waals surface area contributed by atoms with Crippen LogP contribution in [0, 0.1) is 0 Å². The molecular formula is C12H19ClN4. The Morgan fingerprint density at radius 3 is 2.35 bits per heavy atom. The maximum atomic E-state index is 6.09. The van der Waals surface area contributed by atoms with Crippen LogP contribution >= 0.6 is 11.6 Å². The molecule has 0 spiro atoms. The van der Waals surface area contributed by atoms with Gasteiger partial charge in [0.2, 0.25) is 5.95 Å². The molecule has 1 aliphatic rings. The van der Waals surface area contributed by atoms with Crippen LogP contribution in [0.3, 0.4) is 0 Å². The Morgan fingerprint density at radius 2 is 1.76 bits per heavy atom. The predicted octanol–water partition coefficient (Wildman–Crippen LogP) is 2.20. The van der Waals surface area contributed by atoms with E-state index in [1.165, 1.54) is 0 Å². The molecule has 17 heavy (non-hydrogen) atoms. The third-order valence-corrected chi connectivity index (χ3v) is 3.64. The molecule has 1 saturated heterocycles. The molecule has 0 aromatic carbocycles. The van der Waals surface area contributed by atoms with E-state index in [4.69, 9.17) is 11.6 Å². The molecule has 0 amide bonds. The van der Waals surface area contributed by atoms with Crippen molar-refractivity contribution in [3.8, 4) is 0 Å². The molecule has 94 valence electrons. The zero-order chi connectivity index (χ0) is 12.3. The minimum atomic E-state index is 0.305. The van der Waals surface area contributed by atoms with Gasteiger partial charge in [0.05, 0.1) is 11.4 Å². The number of halogens is 1. The summed E-state index contributed by atoms with van der Waals surface area (Å²) in [5, 5.41) is 8.81. The van der Waals surface area contributed by atoms with Gasteiger partial charge in [-0.2, -0.15) is 5.10 Å². The Bertz CT molecular complexity index is 375. The average Bonchev–Trinajstić information content (AvgIpc) is 2.39. The van der Waals surface area contributed by atoms with Crippen LogP contribution in [0.2, 0.25) is 0 Å². The smallest absolute Gasteiger partial charge is 0.245 e. The summed E-state index contributed by atoms with van der Waals surface area (Å²) in [6.45, 7) is 6.07. The monoisotopic (exact) mass is 254 g/mol. The highest BCUT2D eigenvalue weighted by Crippen LogP contribution is 2.19. The van der Waals surface area contributed by atoms with E-state index in [0.29, 0.717) is 5.38 Å². The van der Waals surface area contributed by atoms with Crippen LogP contribution in [0.5, 0.6) is 0 Å². The first-order valence-electron chi connectivity index (χ1n) is 6.36. The third-order valence-electron chi connectivity index (χ3n) is 3.21. The van der Waals surface area contributed by atoms with Gasteiger partial charge in [0.25, 0.3) is 0 Å². The van der Waals surface area contributed by atoms with Crippen LogP contribution in [0.25, 0.3) is 0 Å². The van der Waals surface area contributed by atoms with Crippen molar-refractivity contribution >= 4 is 17.5 Å². The summed E-state index contributed by atoms with van der Waals surface area (Å²) in [7, 11) is 0. The number of aromatic nitrogens is 3. The van der Waals surface area contributed by atoms with E-state index in [9.17, 15) is 0 Å². The highest BCUT2D eigenvalue weighted by Gasteiger charge is 2.20. The van der Waals surface area contributed by atoms with Gasteiger partial charge in [0.15, 0.2) is 0 Å². The quantitative estimate of drug-likeness (QED) is 0.776. The van der Waals surface area contributed by atoms with Crippen LogP contribution in [-0.4, -0.2) is 33.6 Å². The molecule has 0 aliphatic carbocycles. The lowest BCUT2D eigenvalue weighted by Crippen LogP contribution is -2.35. The van der Waals surface area contributed by atoms with Crippen molar-refractivity contribution in [3.05, 3.63) is 11.4 Å². The van der Waals surface area contributed by atoms with Gasteiger partial charge in [0, 0.05) is 18.5 Å². The number of hydrogen-bond acceptors (Lipinski definition) is 4. The molecule has 1 aromatic rings. The van der Waals surface area contributed by atoms with Gasteiger partial charge in [-0.05, 0) is 25.7 Å². The molecule has 0 unspecified atom stereocenters. The molecule has 0 N–H and O–H groups in total. The maximum absolute atomic E-state index is 6.09. The van der Waals surface area contributed by atoms with Crippen molar-refractivity contribution in [2.75, 3.05) is 18.0 Å². The Hall–Kier alpha value is -0.900. The first kappa shape index (κ1) is 12.6. The van der Waals surface area contributed by atoms with Gasteiger partial charge in [0.1, 0.15) is 0 Å². The number of alkyl halides is 1. The predicted molar refractivity (Wildman–Crippen MR) is 69.7 cm³/mol. The van der Waals surface area contributed by atoms with E-state index in [1.807, 2.05) is 0 Å². The zero-order valence-electron chi connectivity index (χ0n) is 10.5. The van der Waals surface area contributed by atoms with Crippen LogP contribution in [0.1, 0.15) is 38.1 Å². The van der Waals surface area contributed by atoms with Gasteiger partial charge in [-0.3, -0.25) is 0 Å². The molecule has 0 radical (unpaired) electrons. The lowest BCUT2D eigenvalue weighted by molar-refractivity contribution is 0.569. The van der Waals surface area contributed by atoms with E-state index in [0.717, 1.165) is 56.1 Å². The molecule has 0 atom stereocenters. The second-order valence-corrected chi connectivity index (χ2v) is 4.99. The lowest BCUT2D eigenvalue weighted by Gasteiger charge is -2.29. The SMILES string of the molecule is CCc1nnc(N2CCC(Cl)CC2)nc1CC. The van der Waals surface area contributed by atoms with E-state index in [-0.39, 0.29) is 0 Å². The van der Waals surface area contributed by atoms with E-state index < -0.39 is 0 Å². The number of hydrogen-bond donors (Lipinski definition) is 0. The summed E-state index contributed by atoms with van der Waals surface area (Å²) in [5.41, 5.74) is 2.09. The minimum absolute atomic E-state index is 0.305. The van der Waals surface area contributed by atoms with Crippen LogP contribution in [-0.2, 0) is 12.8 Å². The molecule has 1 aliphatic heterocycles. The van der Waals surface area contributed by atoms with Gasteiger partial charge >= 0.3 is 0 Å². The summed E-state index contributed by atoms with van der Waals surface area (Å²) in [6, 6.07) is 0. The Balaban J connectivity index is 2.16. The summed E-state index contributed by atoms with van der Waals surface area (Å²) in [5.74, 6) is 0.766. The van der Waals surface area contributed by atoms with Gasteiger partial charge < -0.3 is 4.90 Å². The summed E-state index contributed by atoms with van der Waals surface area (Å²) >= 11 is 6.09. The molecule has 5 heteroatoms. The molecule has 2 rings (SSSR count). The topological polar surface area (TPSA) is 41.9 Å². The van der Waals surface area contributed by atoms with Crippen LogP contribution in [0.15, 0.2) is 0 Å². The highest BCUT2D eigenvalue weighted by molar-refractivity contribution is 6.20. The first-order chi connectivity index (χ1) is 8.24. The largest absolute Gasteiger partial charge is 0.339 e. The number of rotatable bonds is 3. The number of anilines is 1. The van der Waals surface area contributed by atoms with Crippen LogP contribution < -0.4 is 4.90 Å². The molecule has 2 heterocycles. The fraction of sp³-hybridized carbons (Fsp3) is 0.750. The van der Waals surface area contributed by atoms with Crippen molar-refractivity contribution in [3.63, 3.8) is 0 Å². The van der Waals surface area contributed by atoms with Crippen molar-refractivity contribution in [1.82, 2.24) is 15.2 Å². The lowest BCUT2D eigenvalue weighted by atomic mass is 10.1. The van der Waals surface area contributed by atoms with Crippen LogP contribution in [0.4, 0.5) is 5.95 Å². The van der Waals surface area contributed by atoms with Crippen molar-refractivity contribution < 1.29 is 0 Å². The molecule has 1 fully saturated rings. The Labute approximate surface area is 107 Å². The number of aryl methyl sites for hydroxylation is 2. The minimum Gasteiger partial charge on any atom is -0.339 e.